The fourth-order valence-corrected chi connectivity index (χ4v) is 2.10. The highest BCUT2D eigenvalue weighted by Crippen LogP contribution is 2.14. The van der Waals surface area contributed by atoms with Gasteiger partial charge in [-0.2, -0.15) is 0 Å². The van der Waals surface area contributed by atoms with Crippen molar-refractivity contribution in [3.63, 3.8) is 0 Å². The van der Waals surface area contributed by atoms with Crippen molar-refractivity contribution in [2.24, 2.45) is 0 Å². The second-order valence-corrected chi connectivity index (χ2v) is 5.33. The van der Waals surface area contributed by atoms with E-state index in [9.17, 15) is 9.18 Å². The van der Waals surface area contributed by atoms with Crippen LogP contribution in [0.1, 0.15) is 42.1 Å². The third kappa shape index (κ3) is 5.70. The normalized spacial score (nSPS) is 10.9. The van der Waals surface area contributed by atoms with Crippen molar-refractivity contribution in [2.45, 2.75) is 26.2 Å². The molecule has 0 aliphatic rings. The molecule has 0 saturated carbocycles. The first-order chi connectivity index (χ1) is 11.2. The minimum Gasteiger partial charge on any atom is -0.494 e. The lowest BCUT2D eigenvalue weighted by Gasteiger charge is -2.05. The number of allylic oxidation sites excluding steroid dienone is 1. The molecule has 0 aromatic heterocycles. The Hall–Kier alpha value is -2.42. The molecule has 2 rings (SSSR count). The summed E-state index contributed by atoms with van der Waals surface area (Å²) in [7, 11) is 0. The molecule has 0 aliphatic heterocycles. The molecule has 2 aromatic carbocycles. The summed E-state index contributed by atoms with van der Waals surface area (Å²) in [6.07, 6.45) is 6.64. The summed E-state index contributed by atoms with van der Waals surface area (Å²) in [5.41, 5.74) is 1.39. The number of carbonyl (C=O) groups excluding carboxylic acids is 1. The van der Waals surface area contributed by atoms with E-state index in [0.717, 1.165) is 24.3 Å². The lowest BCUT2D eigenvalue weighted by molar-refractivity contribution is 0.104. The van der Waals surface area contributed by atoms with Crippen molar-refractivity contribution in [1.82, 2.24) is 0 Å². The number of carbonyl (C=O) groups is 1. The van der Waals surface area contributed by atoms with Gasteiger partial charge in [0.1, 0.15) is 11.6 Å². The van der Waals surface area contributed by atoms with E-state index in [0.29, 0.717) is 5.56 Å². The number of halogens is 1. The molecule has 120 valence electrons. The average molecular weight is 312 g/mol. The fourth-order valence-electron chi connectivity index (χ4n) is 2.10. The summed E-state index contributed by atoms with van der Waals surface area (Å²) >= 11 is 0. The maximum Gasteiger partial charge on any atom is 0.185 e. The highest BCUT2D eigenvalue weighted by molar-refractivity contribution is 6.06. The zero-order chi connectivity index (χ0) is 16.5. The van der Waals surface area contributed by atoms with Gasteiger partial charge in [-0.15, -0.1) is 0 Å². The SMILES string of the molecule is CCCCCOc1ccc(/C=C/C(=O)c2ccc(F)cc2)cc1. The van der Waals surface area contributed by atoms with E-state index in [2.05, 4.69) is 6.92 Å². The van der Waals surface area contributed by atoms with Crippen LogP contribution in [0.2, 0.25) is 0 Å². The zero-order valence-corrected chi connectivity index (χ0v) is 13.3. The lowest BCUT2D eigenvalue weighted by Crippen LogP contribution is -1.96. The third-order valence-corrected chi connectivity index (χ3v) is 3.45. The molecule has 0 fully saturated rings. The molecule has 0 bridgehead atoms. The molecule has 0 amide bonds. The molecule has 0 saturated heterocycles. The van der Waals surface area contributed by atoms with E-state index in [4.69, 9.17) is 4.74 Å². The molecular weight excluding hydrogens is 291 g/mol. The van der Waals surface area contributed by atoms with Gasteiger partial charge in [0.15, 0.2) is 5.78 Å². The average Bonchev–Trinajstić information content (AvgIpc) is 2.58. The highest BCUT2D eigenvalue weighted by Gasteiger charge is 2.01. The van der Waals surface area contributed by atoms with Gasteiger partial charge >= 0.3 is 0 Å². The van der Waals surface area contributed by atoms with Crippen LogP contribution in [0.25, 0.3) is 6.08 Å². The minimum atomic E-state index is -0.347. The Kier molecular flexibility index (Phi) is 6.55. The van der Waals surface area contributed by atoms with Gasteiger partial charge in [0.05, 0.1) is 6.61 Å². The van der Waals surface area contributed by atoms with Crippen LogP contribution in [0, 0.1) is 5.82 Å². The largest absolute Gasteiger partial charge is 0.494 e. The van der Waals surface area contributed by atoms with Crippen LogP contribution < -0.4 is 4.74 Å². The number of benzene rings is 2. The summed E-state index contributed by atoms with van der Waals surface area (Å²) in [5, 5.41) is 0. The zero-order valence-electron chi connectivity index (χ0n) is 13.3. The van der Waals surface area contributed by atoms with Gasteiger partial charge in [-0.1, -0.05) is 38.0 Å². The van der Waals surface area contributed by atoms with Gasteiger partial charge in [0, 0.05) is 5.56 Å². The number of ketones is 1. The summed E-state index contributed by atoms with van der Waals surface area (Å²) in [6, 6.07) is 13.1. The summed E-state index contributed by atoms with van der Waals surface area (Å²) in [4.78, 5) is 12.0. The van der Waals surface area contributed by atoms with E-state index < -0.39 is 0 Å². The molecule has 0 radical (unpaired) electrons. The van der Waals surface area contributed by atoms with Crippen LogP contribution in [0.5, 0.6) is 5.75 Å². The van der Waals surface area contributed by atoms with Gasteiger partial charge < -0.3 is 4.74 Å². The number of rotatable bonds is 8. The number of hydrogen-bond donors (Lipinski definition) is 0. The molecule has 0 N–H and O–H groups in total. The standard InChI is InChI=1S/C20H21FO2/c1-2-3-4-15-23-19-12-5-16(6-13-19)7-14-20(22)17-8-10-18(21)11-9-17/h5-14H,2-4,15H2,1H3/b14-7+. The van der Waals surface area contributed by atoms with Crippen LogP contribution in [-0.4, -0.2) is 12.4 Å². The van der Waals surface area contributed by atoms with Crippen molar-refractivity contribution >= 4 is 11.9 Å². The lowest BCUT2D eigenvalue weighted by atomic mass is 10.1. The first-order valence-electron chi connectivity index (χ1n) is 7.90. The Morgan fingerprint density at radius 3 is 2.39 bits per heavy atom. The van der Waals surface area contributed by atoms with E-state index in [1.807, 2.05) is 24.3 Å². The van der Waals surface area contributed by atoms with Crippen LogP contribution in [0.3, 0.4) is 0 Å². The van der Waals surface area contributed by atoms with Gasteiger partial charge in [0.2, 0.25) is 0 Å². The second-order valence-electron chi connectivity index (χ2n) is 5.33. The second kappa shape index (κ2) is 8.89. The van der Waals surface area contributed by atoms with Crippen LogP contribution >= 0.6 is 0 Å². The molecule has 2 nitrogen and oxygen atoms in total. The third-order valence-electron chi connectivity index (χ3n) is 3.45. The highest BCUT2D eigenvalue weighted by atomic mass is 19.1. The van der Waals surface area contributed by atoms with Crippen molar-refractivity contribution in [1.29, 1.82) is 0 Å². The Morgan fingerprint density at radius 1 is 1.04 bits per heavy atom. The van der Waals surface area contributed by atoms with Crippen molar-refractivity contribution in [3.05, 3.63) is 71.6 Å². The number of hydrogen-bond acceptors (Lipinski definition) is 2. The van der Waals surface area contributed by atoms with Crippen LogP contribution in [-0.2, 0) is 0 Å². The van der Waals surface area contributed by atoms with Crippen LogP contribution in [0.4, 0.5) is 4.39 Å². The first-order valence-corrected chi connectivity index (χ1v) is 7.90. The summed E-state index contributed by atoms with van der Waals surface area (Å²) in [6.45, 7) is 2.89. The van der Waals surface area contributed by atoms with E-state index in [1.54, 1.807) is 6.08 Å². The Labute approximate surface area is 136 Å². The quantitative estimate of drug-likeness (QED) is 0.376. The maximum absolute atomic E-state index is 12.8. The molecule has 3 heteroatoms. The molecule has 2 aromatic rings. The monoisotopic (exact) mass is 312 g/mol. The molecule has 23 heavy (non-hydrogen) atoms. The maximum atomic E-state index is 12.8. The molecular formula is C20H21FO2. The molecule has 0 unspecified atom stereocenters. The topological polar surface area (TPSA) is 26.3 Å². The smallest absolute Gasteiger partial charge is 0.185 e. The Balaban J connectivity index is 1.89. The molecule has 0 atom stereocenters. The van der Waals surface area contributed by atoms with Gasteiger partial charge in [0.25, 0.3) is 0 Å². The summed E-state index contributed by atoms with van der Waals surface area (Å²) < 4.78 is 18.5. The molecule has 0 aliphatic carbocycles. The van der Waals surface area contributed by atoms with E-state index in [-0.39, 0.29) is 11.6 Å². The van der Waals surface area contributed by atoms with Gasteiger partial charge in [-0.3, -0.25) is 4.79 Å². The Bertz CT molecular complexity index is 642. The van der Waals surface area contributed by atoms with E-state index in [1.165, 1.54) is 43.2 Å². The van der Waals surface area contributed by atoms with Gasteiger partial charge in [-0.05, 0) is 54.5 Å². The summed E-state index contributed by atoms with van der Waals surface area (Å²) in [5.74, 6) is 0.341. The predicted molar refractivity (Wildman–Crippen MR) is 91.2 cm³/mol. The van der Waals surface area contributed by atoms with Crippen molar-refractivity contribution < 1.29 is 13.9 Å². The van der Waals surface area contributed by atoms with E-state index >= 15 is 0 Å². The molecule has 0 spiro atoms. The number of ether oxygens (including phenoxy) is 1. The minimum absolute atomic E-state index is 0.148. The number of unbranched alkanes of at least 4 members (excludes halogenated alkanes) is 2. The van der Waals surface area contributed by atoms with Crippen molar-refractivity contribution in [2.75, 3.05) is 6.61 Å². The van der Waals surface area contributed by atoms with Gasteiger partial charge in [-0.25, -0.2) is 4.39 Å². The van der Waals surface area contributed by atoms with Crippen molar-refractivity contribution in [3.8, 4) is 5.75 Å². The van der Waals surface area contributed by atoms with Crippen LogP contribution in [0.15, 0.2) is 54.6 Å². The fraction of sp³-hybridized carbons (Fsp3) is 0.250. The predicted octanol–water partition coefficient (Wildman–Crippen LogP) is 5.29. The molecule has 0 heterocycles. The Morgan fingerprint density at radius 2 is 1.74 bits per heavy atom. The first kappa shape index (κ1) is 16.9.